The Kier molecular flexibility index (Phi) is 4.21. The van der Waals surface area contributed by atoms with Gasteiger partial charge in [-0.15, -0.1) is 0 Å². The fourth-order valence-corrected chi connectivity index (χ4v) is 3.12. The normalized spacial score (nSPS) is 27.8. The van der Waals surface area contributed by atoms with Crippen LogP contribution in [0.5, 0.6) is 0 Å². The van der Waals surface area contributed by atoms with E-state index in [0.717, 1.165) is 32.3 Å². The summed E-state index contributed by atoms with van der Waals surface area (Å²) in [7, 11) is 0. The maximum Gasteiger partial charge on any atom is 0.149 e. The standard InChI is InChI=1S/C14H25NO2/c1-11(2)15-10-13(16)12-5-8-17-14(9-12)6-3-4-7-14/h11-12,15H,3-10H2,1-2H3. The number of carbonyl (C=O) groups is 1. The lowest BCUT2D eigenvalue weighted by molar-refractivity contribution is -0.135. The lowest BCUT2D eigenvalue weighted by atomic mass is 9.82. The molecule has 1 saturated heterocycles. The minimum atomic E-state index is 0.0659. The van der Waals surface area contributed by atoms with Crippen LogP contribution < -0.4 is 5.32 Å². The summed E-state index contributed by atoms with van der Waals surface area (Å²) in [5.74, 6) is 0.612. The third kappa shape index (κ3) is 3.29. The Balaban J connectivity index is 1.86. The Bertz CT molecular complexity index is 269. The van der Waals surface area contributed by atoms with Crippen LogP contribution in [0.3, 0.4) is 0 Å². The summed E-state index contributed by atoms with van der Waals surface area (Å²) in [6, 6.07) is 0.388. The fraction of sp³-hybridized carbons (Fsp3) is 0.929. The highest BCUT2D eigenvalue weighted by Crippen LogP contribution is 2.42. The Hall–Kier alpha value is -0.410. The smallest absolute Gasteiger partial charge is 0.149 e. The van der Waals surface area contributed by atoms with Gasteiger partial charge in [-0.25, -0.2) is 0 Å². The van der Waals surface area contributed by atoms with Crippen LogP contribution in [0.2, 0.25) is 0 Å². The number of hydrogen-bond acceptors (Lipinski definition) is 3. The average molecular weight is 239 g/mol. The van der Waals surface area contributed by atoms with Crippen LogP contribution in [-0.4, -0.2) is 30.6 Å². The Morgan fingerprint density at radius 3 is 2.76 bits per heavy atom. The predicted octanol–water partition coefficient (Wildman–Crippen LogP) is 2.29. The second-order valence-electron chi connectivity index (χ2n) is 5.93. The zero-order chi connectivity index (χ0) is 12.3. The number of rotatable bonds is 4. The molecule has 3 nitrogen and oxygen atoms in total. The molecule has 0 bridgehead atoms. The molecule has 17 heavy (non-hydrogen) atoms. The molecular weight excluding hydrogens is 214 g/mol. The van der Waals surface area contributed by atoms with E-state index >= 15 is 0 Å². The van der Waals surface area contributed by atoms with Crippen LogP contribution in [0.15, 0.2) is 0 Å². The van der Waals surface area contributed by atoms with Crippen molar-refractivity contribution < 1.29 is 9.53 Å². The van der Waals surface area contributed by atoms with Gasteiger partial charge >= 0.3 is 0 Å². The van der Waals surface area contributed by atoms with Crippen LogP contribution in [-0.2, 0) is 9.53 Å². The number of Topliss-reactive ketones (excluding diaryl/α,β-unsaturated/α-hetero) is 1. The van der Waals surface area contributed by atoms with E-state index in [4.69, 9.17) is 4.74 Å². The molecule has 1 unspecified atom stereocenters. The van der Waals surface area contributed by atoms with Crippen molar-refractivity contribution in [2.24, 2.45) is 5.92 Å². The summed E-state index contributed by atoms with van der Waals surface area (Å²) in [6.45, 7) is 5.46. The maximum atomic E-state index is 12.1. The van der Waals surface area contributed by atoms with Crippen LogP contribution >= 0.6 is 0 Å². The molecule has 3 heteroatoms. The molecule has 0 aromatic heterocycles. The molecule has 98 valence electrons. The third-order valence-electron chi connectivity index (χ3n) is 4.15. The van der Waals surface area contributed by atoms with Crippen molar-refractivity contribution in [2.45, 2.75) is 64.0 Å². The number of ether oxygens (including phenoxy) is 1. The first kappa shape index (κ1) is 13.0. The maximum absolute atomic E-state index is 12.1. The Morgan fingerprint density at radius 1 is 1.41 bits per heavy atom. The molecule has 1 atom stereocenters. The highest BCUT2D eigenvalue weighted by molar-refractivity contribution is 5.83. The minimum absolute atomic E-state index is 0.0659. The van der Waals surface area contributed by atoms with Gasteiger partial charge in [0.15, 0.2) is 0 Å². The first-order chi connectivity index (χ1) is 8.11. The second-order valence-corrected chi connectivity index (χ2v) is 5.93. The van der Waals surface area contributed by atoms with Crippen LogP contribution in [0, 0.1) is 5.92 Å². The number of hydrogen-bond donors (Lipinski definition) is 1. The largest absolute Gasteiger partial charge is 0.375 e. The van der Waals surface area contributed by atoms with Crippen molar-refractivity contribution in [2.75, 3.05) is 13.2 Å². The summed E-state index contributed by atoms with van der Waals surface area (Å²) >= 11 is 0. The molecule has 2 rings (SSSR count). The van der Waals surface area contributed by atoms with Crippen LogP contribution in [0.25, 0.3) is 0 Å². The van der Waals surface area contributed by atoms with Gasteiger partial charge in [-0.3, -0.25) is 4.79 Å². The van der Waals surface area contributed by atoms with Gasteiger partial charge in [-0.1, -0.05) is 26.7 Å². The number of ketones is 1. The van der Waals surface area contributed by atoms with Crippen molar-refractivity contribution >= 4 is 5.78 Å². The van der Waals surface area contributed by atoms with E-state index in [-0.39, 0.29) is 11.5 Å². The summed E-state index contributed by atoms with van der Waals surface area (Å²) in [5, 5.41) is 3.23. The van der Waals surface area contributed by atoms with E-state index in [1.165, 1.54) is 12.8 Å². The van der Waals surface area contributed by atoms with Gasteiger partial charge in [-0.2, -0.15) is 0 Å². The molecule has 1 N–H and O–H groups in total. The minimum Gasteiger partial charge on any atom is -0.375 e. The lowest BCUT2D eigenvalue weighted by Crippen LogP contribution is -2.42. The molecule has 1 saturated carbocycles. The van der Waals surface area contributed by atoms with Gasteiger partial charge in [0, 0.05) is 18.6 Å². The molecule has 1 aliphatic heterocycles. The highest BCUT2D eigenvalue weighted by atomic mass is 16.5. The quantitative estimate of drug-likeness (QED) is 0.818. The molecule has 2 aliphatic rings. The molecule has 0 radical (unpaired) electrons. The van der Waals surface area contributed by atoms with Crippen molar-refractivity contribution in [3.63, 3.8) is 0 Å². The summed E-state index contributed by atoms with van der Waals surface area (Å²) in [4.78, 5) is 12.1. The topological polar surface area (TPSA) is 38.3 Å². The first-order valence-corrected chi connectivity index (χ1v) is 7.01. The molecular formula is C14H25NO2. The zero-order valence-corrected chi connectivity index (χ0v) is 11.1. The van der Waals surface area contributed by atoms with Gasteiger partial charge in [0.2, 0.25) is 0 Å². The summed E-state index contributed by atoms with van der Waals surface area (Å²) < 4.78 is 5.96. The van der Waals surface area contributed by atoms with Crippen molar-refractivity contribution in [1.29, 1.82) is 0 Å². The van der Waals surface area contributed by atoms with Crippen LogP contribution in [0.4, 0.5) is 0 Å². The summed E-state index contributed by atoms with van der Waals surface area (Å²) in [5.41, 5.74) is 0.0659. The van der Waals surface area contributed by atoms with Gasteiger partial charge in [0.05, 0.1) is 12.1 Å². The van der Waals surface area contributed by atoms with Gasteiger partial charge in [0.1, 0.15) is 5.78 Å². The molecule has 0 amide bonds. The predicted molar refractivity (Wildman–Crippen MR) is 68.0 cm³/mol. The van der Waals surface area contributed by atoms with Crippen LogP contribution in [0.1, 0.15) is 52.4 Å². The SMILES string of the molecule is CC(C)NCC(=O)C1CCOC2(CCCC2)C1. The molecule has 1 spiro atoms. The van der Waals surface area contributed by atoms with E-state index in [1.807, 2.05) is 0 Å². The van der Waals surface area contributed by atoms with E-state index in [0.29, 0.717) is 18.4 Å². The summed E-state index contributed by atoms with van der Waals surface area (Å²) in [6.07, 6.45) is 6.74. The lowest BCUT2D eigenvalue weighted by Gasteiger charge is -2.37. The van der Waals surface area contributed by atoms with Crippen molar-refractivity contribution in [3.05, 3.63) is 0 Å². The second kappa shape index (κ2) is 5.49. The fourth-order valence-electron chi connectivity index (χ4n) is 3.12. The number of carbonyl (C=O) groups excluding carboxylic acids is 1. The Labute approximate surface area is 104 Å². The molecule has 0 aromatic carbocycles. The highest BCUT2D eigenvalue weighted by Gasteiger charge is 2.41. The number of nitrogens with one attached hydrogen (secondary N) is 1. The molecule has 0 aromatic rings. The van der Waals surface area contributed by atoms with E-state index in [2.05, 4.69) is 19.2 Å². The van der Waals surface area contributed by atoms with E-state index in [1.54, 1.807) is 0 Å². The zero-order valence-electron chi connectivity index (χ0n) is 11.1. The molecule has 2 fully saturated rings. The Morgan fingerprint density at radius 2 is 2.12 bits per heavy atom. The monoisotopic (exact) mass is 239 g/mol. The molecule has 1 heterocycles. The third-order valence-corrected chi connectivity index (χ3v) is 4.15. The van der Waals surface area contributed by atoms with Gasteiger partial charge in [-0.05, 0) is 25.7 Å². The molecule has 1 aliphatic carbocycles. The van der Waals surface area contributed by atoms with E-state index < -0.39 is 0 Å². The van der Waals surface area contributed by atoms with Crippen molar-refractivity contribution in [1.82, 2.24) is 5.32 Å². The van der Waals surface area contributed by atoms with Crippen molar-refractivity contribution in [3.8, 4) is 0 Å². The average Bonchev–Trinajstić information content (AvgIpc) is 2.74. The first-order valence-electron chi connectivity index (χ1n) is 7.01. The van der Waals surface area contributed by atoms with Gasteiger partial charge < -0.3 is 10.1 Å². The van der Waals surface area contributed by atoms with Gasteiger partial charge in [0.25, 0.3) is 0 Å². The van der Waals surface area contributed by atoms with E-state index in [9.17, 15) is 4.79 Å².